The van der Waals surface area contributed by atoms with Crippen LogP contribution in [-0.2, 0) is 0 Å². The number of benzene rings is 1. The van der Waals surface area contributed by atoms with Crippen LogP contribution in [0.3, 0.4) is 0 Å². The van der Waals surface area contributed by atoms with Crippen molar-refractivity contribution in [3.05, 3.63) is 33.9 Å². The lowest BCUT2D eigenvalue weighted by Crippen LogP contribution is -2.52. The predicted octanol–water partition coefficient (Wildman–Crippen LogP) is 2.45. The highest BCUT2D eigenvalue weighted by Crippen LogP contribution is 2.35. The molecule has 2 saturated heterocycles. The third-order valence-corrected chi connectivity index (χ3v) is 5.32. The van der Waals surface area contributed by atoms with Crippen molar-refractivity contribution in [1.29, 1.82) is 0 Å². The Hall–Kier alpha value is -1.92. The molecule has 0 saturated carbocycles. The number of carbonyl (C=O) groups is 2. The topological polar surface area (TPSA) is 82.4 Å². The Kier molecular flexibility index (Phi) is 3.21. The molecule has 23 heavy (non-hydrogen) atoms. The van der Waals surface area contributed by atoms with Gasteiger partial charge < -0.3 is 20.5 Å². The highest BCUT2D eigenvalue weighted by atomic mass is 35.5. The van der Waals surface area contributed by atoms with E-state index in [0.29, 0.717) is 28.8 Å². The van der Waals surface area contributed by atoms with Gasteiger partial charge in [0.15, 0.2) is 0 Å². The van der Waals surface area contributed by atoms with Crippen molar-refractivity contribution >= 4 is 46.0 Å². The maximum absolute atomic E-state index is 12.8. The second kappa shape index (κ2) is 5.04. The first kappa shape index (κ1) is 14.7. The number of halogens is 2. The number of likely N-dealkylation sites (tertiary alicyclic amines) is 2. The molecular formula is C15H14Cl2N4O2. The number of aromatic amines is 1. The third kappa shape index (κ3) is 2.16. The number of primary amides is 1. The summed E-state index contributed by atoms with van der Waals surface area (Å²) in [7, 11) is 0. The molecule has 2 fully saturated rings. The van der Waals surface area contributed by atoms with Gasteiger partial charge in [-0.05, 0) is 24.6 Å². The summed E-state index contributed by atoms with van der Waals surface area (Å²) in [5, 5.41) is 1.67. The SMILES string of the molecule is NC(=O)N1C[C@@H]2C[C@H]1CN2C(=O)c1[nH]c2ccc(Cl)cc2c1Cl. The molecule has 2 aliphatic heterocycles. The fraction of sp³-hybridized carbons (Fsp3) is 0.333. The Bertz CT molecular complexity index is 834. The lowest BCUT2D eigenvalue weighted by atomic mass is 10.2. The minimum absolute atomic E-state index is 0.000881. The van der Waals surface area contributed by atoms with Crippen LogP contribution in [-0.4, -0.2) is 51.9 Å². The molecule has 4 rings (SSSR count). The van der Waals surface area contributed by atoms with Crippen molar-refractivity contribution in [3.63, 3.8) is 0 Å². The largest absolute Gasteiger partial charge is 0.351 e. The van der Waals surface area contributed by atoms with Crippen molar-refractivity contribution < 1.29 is 9.59 Å². The molecule has 3 amide bonds. The second-order valence-electron chi connectivity index (χ2n) is 6.00. The van der Waals surface area contributed by atoms with Gasteiger partial charge in [0, 0.05) is 29.0 Å². The molecule has 2 bridgehead atoms. The number of aromatic nitrogens is 1. The molecule has 1 aromatic carbocycles. The van der Waals surface area contributed by atoms with E-state index in [4.69, 9.17) is 28.9 Å². The van der Waals surface area contributed by atoms with Gasteiger partial charge in [0.2, 0.25) is 0 Å². The number of rotatable bonds is 1. The fourth-order valence-electron chi connectivity index (χ4n) is 3.61. The monoisotopic (exact) mass is 352 g/mol. The summed E-state index contributed by atoms with van der Waals surface area (Å²) in [6.45, 7) is 0.967. The number of carbonyl (C=O) groups excluding carboxylic acids is 2. The van der Waals surface area contributed by atoms with E-state index in [1.165, 1.54) is 0 Å². The molecule has 120 valence electrons. The van der Waals surface area contributed by atoms with Gasteiger partial charge in [0.05, 0.1) is 17.1 Å². The fourth-order valence-corrected chi connectivity index (χ4v) is 4.06. The number of fused-ring (bicyclic) bond motifs is 3. The Labute approximate surface area is 142 Å². The van der Waals surface area contributed by atoms with Gasteiger partial charge in [-0.3, -0.25) is 4.79 Å². The maximum atomic E-state index is 12.8. The summed E-state index contributed by atoms with van der Waals surface area (Å²) in [4.78, 5) is 30.6. The molecule has 3 heterocycles. The molecular weight excluding hydrogens is 339 g/mol. The van der Waals surface area contributed by atoms with Crippen molar-refractivity contribution in [2.24, 2.45) is 5.73 Å². The Morgan fingerprint density at radius 2 is 1.87 bits per heavy atom. The second-order valence-corrected chi connectivity index (χ2v) is 6.81. The smallest absolute Gasteiger partial charge is 0.315 e. The van der Waals surface area contributed by atoms with E-state index in [2.05, 4.69) is 4.98 Å². The van der Waals surface area contributed by atoms with E-state index in [1.54, 1.807) is 28.0 Å². The van der Waals surface area contributed by atoms with Crippen molar-refractivity contribution in [2.45, 2.75) is 18.5 Å². The van der Waals surface area contributed by atoms with E-state index < -0.39 is 6.03 Å². The lowest BCUT2D eigenvalue weighted by Gasteiger charge is -2.33. The van der Waals surface area contributed by atoms with E-state index in [1.807, 2.05) is 0 Å². The molecule has 3 N–H and O–H groups in total. The third-order valence-electron chi connectivity index (χ3n) is 4.70. The number of nitrogens with one attached hydrogen (secondary N) is 1. The first-order chi connectivity index (χ1) is 11.0. The number of amides is 3. The quantitative estimate of drug-likeness (QED) is 0.826. The minimum Gasteiger partial charge on any atom is -0.351 e. The van der Waals surface area contributed by atoms with Gasteiger partial charge in [0.1, 0.15) is 5.69 Å². The Morgan fingerprint density at radius 3 is 2.52 bits per heavy atom. The Balaban J connectivity index is 1.64. The van der Waals surface area contributed by atoms with Gasteiger partial charge in [-0.1, -0.05) is 23.2 Å². The summed E-state index contributed by atoms with van der Waals surface area (Å²) in [5.74, 6) is -0.154. The van der Waals surface area contributed by atoms with E-state index in [0.717, 1.165) is 17.3 Å². The summed E-state index contributed by atoms with van der Waals surface area (Å²) in [6, 6.07) is 4.84. The highest BCUT2D eigenvalue weighted by molar-refractivity contribution is 6.39. The highest BCUT2D eigenvalue weighted by Gasteiger charge is 2.47. The maximum Gasteiger partial charge on any atom is 0.315 e. The van der Waals surface area contributed by atoms with Crippen LogP contribution in [0, 0.1) is 0 Å². The standard InChI is InChI=1S/C15H14Cl2N4O2/c16-7-1-2-11-10(3-7)12(17)13(19-11)14(22)20-5-9-4-8(20)6-21(9)15(18)23/h1-3,8-9,19H,4-6H2,(H2,18,23)/t8-,9-/m0/s1. The molecule has 0 radical (unpaired) electrons. The first-order valence-electron chi connectivity index (χ1n) is 7.29. The number of nitrogens with two attached hydrogens (primary N) is 1. The Morgan fingerprint density at radius 1 is 1.17 bits per heavy atom. The zero-order chi connectivity index (χ0) is 16.3. The summed E-state index contributed by atoms with van der Waals surface area (Å²) in [6.07, 6.45) is 0.762. The number of hydrogen-bond donors (Lipinski definition) is 2. The normalized spacial score (nSPS) is 23.0. The van der Waals surface area contributed by atoms with Gasteiger partial charge in [-0.2, -0.15) is 0 Å². The van der Waals surface area contributed by atoms with E-state index >= 15 is 0 Å². The van der Waals surface area contributed by atoms with Gasteiger partial charge >= 0.3 is 6.03 Å². The van der Waals surface area contributed by atoms with Crippen LogP contribution in [0.15, 0.2) is 18.2 Å². The van der Waals surface area contributed by atoms with Gasteiger partial charge in [-0.25, -0.2) is 4.79 Å². The molecule has 6 nitrogen and oxygen atoms in total. The summed E-state index contributed by atoms with van der Waals surface area (Å²) < 4.78 is 0. The molecule has 0 aliphatic carbocycles. The van der Waals surface area contributed by atoms with Gasteiger partial charge in [-0.15, -0.1) is 0 Å². The molecule has 8 heteroatoms. The summed E-state index contributed by atoms with van der Waals surface area (Å²) >= 11 is 12.3. The molecule has 2 aliphatic rings. The number of H-pyrrole nitrogens is 1. The zero-order valence-corrected chi connectivity index (χ0v) is 13.6. The van der Waals surface area contributed by atoms with E-state index in [-0.39, 0.29) is 18.0 Å². The predicted molar refractivity (Wildman–Crippen MR) is 87.8 cm³/mol. The van der Waals surface area contributed by atoms with Gasteiger partial charge in [0.25, 0.3) is 5.91 Å². The summed E-state index contributed by atoms with van der Waals surface area (Å²) in [5.41, 5.74) is 6.48. The van der Waals surface area contributed by atoms with Crippen LogP contribution in [0.2, 0.25) is 10.0 Å². The molecule has 2 aromatic rings. The number of piperazine rings is 1. The van der Waals surface area contributed by atoms with Crippen LogP contribution < -0.4 is 5.73 Å². The van der Waals surface area contributed by atoms with Crippen LogP contribution in [0.5, 0.6) is 0 Å². The number of urea groups is 1. The van der Waals surface area contributed by atoms with Crippen LogP contribution in [0.1, 0.15) is 16.9 Å². The molecule has 1 aromatic heterocycles. The molecule has 0 spiro atoms. The van der Waals surface area contributed by atoms with Crippen molar-refractivity contribution in [1.82, 2.24) is 14.8 Å². The zero-order valence-electron chi connectivity index (χ0n) is 12.1. The molecule has 0 unspecified atom stereocenters. The number of nitrogens with zero attached hydrogens (tertiary/aromatic N) is 2. The first-order valence-corrected chi connectivity index (χ1v) is 8.05. The van der Waals surface area contributed by atoms with E-state index in [9.17, 15) is 9.59 Å². The van der Waals surface area contributed by atoms with Crippen LogP contribution >= 0.6 is 23.2 Å². The minimum atomic E-state index is -0.428. The van der Waals surface area contributed by atoms with Crippen molar-refractivity contribution in [2.75, 3.05) is 13.1 Å². The number of hydrogen-bond acceptors (Lipinski definition) is 2. The van der Waals surface area contributed by atoms with Crippen LogP contribution in [0.4, 0.5) is 4.79 Å². The average molecular weight is 353 g/mol. The average Bonchev–Trinajstić information content (AvgIpc) is 3.20. The van der Waals surface area contributed by atoms with Crippen molar-refractivity contribution in [3.8, 4) is 0 Å². The van der Waals surface area contributed by atoms with Crippen LogP contribution in [0.25, 0.3) is 10.9 Å². The molecule has 2 atom stereocenters. The lowest BCUT2D eigenvalue weighted by molar-refractivity contribution is 0.0651.